The molecule has 1 amide bonds. The van der Waals surface area contributed by atoms with Crippen LogP contribution in [0.2, 0.25) is 0 Å². The maximum Gasteiger partial charge on any atom is 0.434 e. The predicted molar refractivity (Wildman–Crippen MR) is 53.4 cm³/mol. The van der Waals surface area contributed by atoms with Gasteiger partial charge in [0.25, 0.3) is 0 Å². The fraction of sp³-hybridized carbons (Fsp3) is 0.700. The Labute approximate surface area is 85.1 Å². The summed E-state index contributed by atoms with van der Waals surface area (Å²) < 4.78 is 5.08. The van der Waals surface area contributed by atoms with E-state index in [0.29, 0.717) is 6.54 Å². The summed E-state index contributed by atoms with van der Waals surface area (Å²) in [5.74, 6) is 2.28. The van der Waals surface area contributed by atoms with Gasteiger partial charge in [-0.1, -0.05) is 5.92 Å². The van der Waals surface area contributed by atoms with E-state index in [0.717, 1.165) is 5.06 Å². The van der Waals surface area contributed by atoms with Crippen molar-refractivity contribution in [1.29, 1.82) is 0 Å². The molecule has 0 aromatic carbocycles. The molecule has 0 aliphatic heterocycles. The SMILES string of the molecule is C#CCON(CC)C(=O)OC(C)(C)C. The van der Waals surface area contributed by atoms with Gasteiger partial charge in [0.05, 0.1) is 0 Å². The van der Waals surface area contributed by atoms with Crippen LogP contribution in [0.25, 0.3) is 0 Å². The van der Waals surface area contributed by atoms with Gasteiger partial charge in [0.1, 0.15) is 12.2 Å². The molecular formula is C10H17NO3. The van der Waals surface area contributed by atoms with Crippen LogP contribution in [-0.4, -0.2) is 29.9 Å². The first-order valence-corrected chi connectivity index (χ1v) is 4.47. The van der Waals surface area contributed by atoms with E-state index in [-0.39, 0.29) is 6.61 Å². The van der Waals surface area contributed by atoms with Crippen molar-refractivity contribution in [2.45, 2.75) is 33.3 Å². The maximum absolute atomic E-state index is 11.4. The third-order valence-electron chi connectivity index (χ3n) is 1.19. The second-order valence-corrected chi connectivity index (χ2v) is 3.65. The number of ether oxygens (including phenoxy) is 1. The molecule has 0 bridgehead atoms. The molecule has 80 valence electrons. The van der Waals surface area contributed by atoms with Gasteiger partial charge < -0.3 is 4.74 Å². The number of nitrogens with zero attached hydrogens (tertiary/aromatic N) is 1. The van der Waals surface area contributed by atoms with Gasteiger partial charge in [-0.3, -0.25) is 4.84 Å². The average Bonchev–Trinajstić information content (AvgIpc) is 2.02. The molecule has 0 aromatic heterocycles. The maximum atomic E-state index is 11.4. The zero-order valence-electron chi connectivity index (χ0n) is 9.16. The molecule has 14 heavy (non-hydrogen) atoms. The Morgan fingerprint density at radius 3 is 2.43 bits per heavy atom. The second kappa shape index (κ2) is 5.51. The Morgan fingerprint density at radius 1 is 1.50 bits per heavy atom. The highest BCUT2D eigenvalue weighted by Gasteiger charge is 2.21. The molecule has 0 aliphatic carbocycles. The number of terminal acetylenes is 1. The average molecular weight is 199 g/mol. The molecule has 0 aliphatic rings. The van der Waals surface area contributed by atoms with Crippen LogP contribution in [0.1, 0.15) is 27.7 Å². The van der Waals surface area contributed by atoms with Gasteiger partial charge in [-0.05, 0) is 27.7 Å². The van der Waals surface area contributed by atoms with Crippen molar-refractivity contribution in [2.24, 2.45) is 0 Å². The van der Waals surface area contributed by atoms with Gasteiger partial charge in [-0.15, -0.1) is 6.42 Å². The minimum atomic E-state index is -0.524. The zero-order chi connectivity index (χ0) is 11.2. The fourth-order valence-corrected chi connectivity index (χ4v) is 0.701. The van der Waals surface area contributed by atoms with Gasteiger partial charge in [-0.25, -0.2) is 4.79 Å². The van der Waals surface area contributed by atoms with Crippen LogP contribution < -0.4 is 0 Å². The molecule has 0 aromatic rings. The molecule has 4 heteroatoms. The van der Waals surface area contributed by atoms with Crippen LogP contribution >= 0.6 is 0 Å². The van der Waals surface area contributed by atoms with Gasteiger partial charge in [0, 0.05) is 6.54 Å². The summed E-state index contributed by atoms with van der Waals surface area (Å²) in [6, 6.07) is 0. The molecule has 0 N–H and O–H groups in total. The Hall–Kier alpha value is -1.21. The van der Waals surface area contributed by atoms with E-state index < -0.39 is 11.7 Å². The number of carbonyl (C=O) groups is 1. The van der Waals surface area contributed by atoms with Crippen LogP contribution in [0.5, 0.6) is 0 Å². The summed E-state index contributed by atoms with van der Waals surface area (Å²) in [5.41, 5.74) is -0.524. The van der Waals surface area contributed by atoms with Gasteiger partial charge in [0.2, 0.25) is 0 Å². The van der Waals surface area contributed by atoms with Crippen molar-refractivity contribution in [3.8, 4) is 12.3 Å². The summed E-state index contributed by atoms with van der Waals surface area (Å²) in [6.45, 7) is 7.61. The Bertz CT molecular complexity index is 225. The zero-order valence-corrected chi connectivity index (χ0v) is 9.16. The standard InChI is InChI=1S/C10H17NO3/c1-6-8-13-11(7-2)9(12)14-10(3,4)5/h1H,7-8H2,2-5H3. The molecule has 4 nitrogen and oxygen atoms in total. The van der Waals surface area contributed by atoms with Crippen molar-refractivity contribution in [3.63, 3.8) is 0 Å². The molecule has 0 heterocycles. The highest BCUT2D eigenvalue weighted by molar-refractivity contribution is 5.66. The normalized spacial score (nSPS) is 10.5. The highest BCUT2D eigenvalue weighted by Crippen LogP contribution is 2.09. The summed E-state index contributed by atoms with van der Waals surface area (Å²) in [6.07, 6.45) is 4.49. The minimum absolute atomic E-state index is 0.0626. The van der Waals surface area contributed by atoms with Crippen LogP contribution in [0.15, 0.2) is 0 Å². The quantitative estimate of drug-likeness (QED) is 0.514. The Kier molecular flexibility index (Phi) is 5.03. The molecule has 0 atom stereocenters. The van der Waals surface area contributed by atoms with Gasteiger partial charge in [-0.2, -0.15) is 5.06 Å². The second-order valence-electron chi connectivity index (χ2n) is 3.65. The first kappa shape index (κ1) is 12.8. The van der Waals surface area contributed by atoms with Crippen LogP contribution in [-0.2, 0) is 9.57 Å². The van der Waals surface area contributed by atoms with Crippen molar-refractivity contribution < 1.29 is 14.4 Å². The molecule has 0 saturated heterocycles. The van der Waals surface area contributed by atoms with E-state index in [4.69, 9.17) is 16.0 Å². The lowest BCUT2D eigenvalue weighted by molar-refractivity contribution is -0.133. The third-order valence-corrected chi connectivity index (χ3v) is 1.19. The van der Waals surface area contributed by atoms with Crippen molar-refractivity contribution in [2.75, 3.05) is 13.2 Å². The summed E-state index contributed by atoms with van der Waals surface area (Å²) in [7, 11) is 0. The molecule has 0 saturated carbocycles. The monoisotopic (exact) mass is 199 g/mol. The number of amides is 1. The lowest BCUT2D eigenvalue weighted by atomic mass is 10.2. The van der Waals surface area contributed by atoms with E-state index in [9.17, 15) is 4.79 Å². The van der Waals surface area contributed by atoms with Crippen LogP contribution in [0.3, 0.4) is 0 Å². The molecule has 0 fully saturated rings. The topological polar surface area (TPSA) is 38.8 Å². The van der Waals surface area contributed by atoms with E-state index in [1.54, 1.807) is 27.7 Å². The van der Waals surface area contributed by atoms with Crippen molar-refractivity contribution in [3.05, 3.63) is 0 Å². The first-order chi connectivity index (χ1) is 6.40. The lowest BCUT2D eigenvalue weighted by Crippen LogP contribution is -2.36. The van der Waals surface area contributed by atoms with E-state index in [2.05, 4.69) is 5.92 Å². The van der Waals surface area contributed by atoms with Gasteiger partial charge >= 0.3 is 6.09 Å². The van der Waals surface area contributed by atoms with Crippen molar-refractivity contribution in [1.82, 2.24) is 5.06 Å². The number of hydrogen-bond donors (Lipinski definition) is 0. The number of rotatable bonds is 3. The van der Waals surface area contributed by atoms with Crippen molar-refractivity contribution >= 4 is 6.09 Å². The molecule has 0 radical (unpaired) electrons. The first-order valence-electron chi connectivity index (χ1n) is 4.47. The Morgan fingerprint density at radius 2 is 2.07 bits per heavy atom. The summed E-state index contributed by atoms with van der Waals surface area (Å²) in [4.78, 5) is 16.4. The van der Waals surface area contributed by atoms with Crippen LogP contribution in [0.4, 0.5) is 4.79 Å². The molecule has 0 unspecified atom stereocenters. The van der Waals surface area contributed by atoms with E-state index in [1.165, 1.54) is 0 Å². The smallest absolute Gasteiger partial charge is 0.434 e. The molecular weight excluding hydrogens is 182 g/mol. The third kappa shape index (κ3) is 5.44. The molecule has 0 spiro atoms. The number of carbonyl (C=O) groups excluding carboxylic acids is 1. The van der Waals surface area contributed by atoms with Crippen LogP contribution in [0, 0.1) is 12.3 Å². The lowest BCUT2D eigenvalue weighted by Gasteiger charge is -2.25. The molecule has 0 rings (SSSR count). The predicted octanol–water partition coefficient (Wildman–Crippen LogP) is 1.81. The minimum Gasteiger partial charge on any atom is -0.442 e. The van der Waals surface area contributed by atoms with E-state index in [1.807, 2.05) is 0 Å². The highest BCUT2D eigenvalue weighted by atomic mass is 16.7. The Balaban J connectivity index is 4.12. The number of hydroxylamine groups is 2. The summed E-state index contributed by atoms with van der Waals surface area (Å²) in [5, 5.41) is 1.10. The van der Waals surface area contributed by atoms with E-state index >= 15 is 0 Å². The number of hydrogen-bond acceptors (Lipinski definition) is 3. The fourth-order valence-electron chi connectivity index (χ4n) is 0.701. The van der Waals surface area contributed by atoms with Gasteiger partial charge in [0.15, 0.2) is 0 Å². The largest absolute Gasteiger partial charge is 0.442 e. The summed E-state index contributed by atoms with van der Waals surface area (Å²) >= 11 is 0.